The van der Waals surface area contributed by atoms with Crippen molar-refractivity contribution in [2.75, 3.05) is 7.05 Å². The second-order valence-electron chi connectivity index (χ2n) is 4.98. The van der Waals surface area contributed by atoms with Crippen molar-refractivity contribution in [1.29, 1.82) is 0 Å². The van der Waals surface area contributed by atoms with Crippen molar-refractivity contribution in [3.8, 4) is 0 Å². The highest BCUT2D eigenvalue weighted by molar-refractivity contribution is 5.84. The number of hydrogen-bond acceptors (Lipinski definition) is 3. The number of benzene rings is 1. The highest BCUT2D eigenvalue weighted by Gasteiger charge is 2.15. The lowest BCUT2D eigenvalue weighted by Gasteiger charge is -2.16. The Morgan fingerprint density at radius 3 is 2.85 bits per heavy atom. The minimum Gasteiger partial charge on any atom is -0.311 e. The van der Waals surface area contributed by atoms with Gasteiger partial charge in [0.05, 0.1) is 17.9 Å². The van der Waals surface area contributed by atoms with E-state index in [2.05, 4.69) is 51.9 Å². The van der Waals surface area contributed by atoms with Gasteiger partial charge in [0.25, 0.3) is 0 Å². The molecular weight excluding hydrogens is 248 g/mol. The van der Waals surface area contributed by atoms with Crippen molar-refractivity contribution < 1.29 is 0 Å². The average Bonchev–Trinajstić information content (AvgIpc) is 2.89. The smallest absolute Gasteiger partial charge is 0.0654 e. The Kier molecular flexibility index (Phi) is 3.48. The van der Waals surface area contributed by atoms with Gasteiger partial charge in [-0.2, -0.15) is 5.10 Å². The average molecular weight is 266 g/mol. The Hall–Kier alpha value is -2.20. The summed E-state index contributed by atoms with van der Waals surface area (Å²) in [6.45, 7) is 0. The van der Waals surface area contributed by atoms with E-state index in [1.165, 1.54) is 16.3 Å². The number of aryl methyl sites for hydroxylation is 1. The van der Waals surface area contributed by atoms with Crippen LogP contribution in [0, 0.1) is 0 Å². The first-order chi connectivity index (χ1) is 9.78. The molecule has 0 spiro atoms. The van der Waals surface area contributed by atoms with Crippen LogP contribution in [0.4, 0.5) is 0 Å². The van der Waals surface area contributed by atoms with Crippen molar-refractivity contribution >= 4 is 10.8 Å². The molecule has 2 heterocycles. The summed E-state index contributed by atoms with van der Waals surface area (Å²) in [6.07, 6.45) is 6.72. The predicted octanol–water partition coefficient (Wildman–Crippen LogP) is 2.47. The van der Waals surface area contributed by atoms with Gasteiger partial charge in [-0.05, 0) is 30.5 Å². The van der Waals surface area contributed by atoms with Gasteiger partial charge in [-0.15, -0.1) is 0 Å². The molecule has 0 saturated carbocycles. The Morgan fingerprint density at radius 2 is 2.10 bits per heavy atom. The van der Waals surface area contributed by atoms with Crippen molar-refractivity contribution in [3.05, 3.63) is 60.2 Å². The van der Waals surface area contributed by atoms with Gasteiger partial charge in [0.15, 0.2) is 0 Å². The maximum Gasteiger partial charge on any atom is 0.0654 e. The van der Waals surface area contributed by atoms with Crippen LogP contribution in [-0.4, -0.2) is 21.8 Å². The first-order valence-corrected chi connectivity index (χ1v) is 6.76. The molecule has 0 radical (unpaired) electrons. The summed E-state index contributed by atoms with van der Waals surface area (Å²) in [5, 5.41) is 10.0. The van der Waals surface area contributed by atoms with E-state index < -0.39 is 0 Å². The molecule has 0 amide bonds. The fourth-order valence-electron chi connectivity index (χ4n) is 2.57. The van der Waals surface area contributed by atoms with E-state index in [0.717, 1.165) is 12.1 Å². The quantitative estimate of drug-likeness (QED) is 0.789. The minimum atomic E-state index is 0.185. The summed E-state index contributed by atoms with van der Waals surface area (Å²) in [5.41, 5.74) is 2.30. The second-order valence-corrected chi connectivity index (χ2v) is 4.98. The van der Waals surface area contributed by atoms with Gasteiger partial charge < -0.3 is 5.32 Å². The lowest BCUT2D eigenvalue weighted by molar-refractivity contribution is 0.580. The molecular formula is C16H18N4. The third-order valence-corrected chi connectivity index (χ3v) is 3.58. The van der Waals surface area contributed by atoms with E-state index in [-0.39, 0.29) is 6.04 Å². The van der Waals surface area contributed by atoms with Gasteiger partial charge in [0.1, 0.15) is 0 Å². The standard InChI is InChI=1S/C16H18N4/c1-17-15(9-12-10-19-20(2)11-12)16-14-6-4-3-5-13(14)7-8-18-16/h3-8,10-11,15,17H,9H2,1-2H3. The molecule has 1 unspecified atom stereocenters. The molecule has 0 aliphatic carbocycles. The van der Waals surface area contributed by atoms with Crippen molar-refractivity contribution in [1.82, 2.24) is 20.1 Å². The van der Waals surface area contributed by atoms with E-state index in [1.807, 2.05) is 31.2 Å². The summed E-state index contributed by atoms with van der Waals surface area (Å²) in [6, 6.07) is 10.6. The highest BCUT2D eigenvalue weighted by Crippen LogP contribution is 2.24. The second kappa shape index (κ2) is 5.43. The Morgan fingerprint density at radius 1 is 1.25 bits per heavy atom. The van der Waals surface area contributed by atoms with E-state index in [9.17, 15) is 0 Å². The third-order valence-electron chi connectivity index (χ3n) is 3.58. The van der Waals surface area contributed by atoms with Crippen LogP contribution in [0.5, 0.6) is 0 Å². The van der Waals surface area contributed by atoms with Crippen molar-refractivity contribution in [3.63, 3.8) is 0 Å². The zero-order chi connectivity index (χ0) is 13.9. The van der Waals surface area contributed by atoms with Gasteiger partial charge in [0.2, 0.25) is 0 Å². The SMILES string of the molecule is CNC(Cc1cnn(C)c1)c1nccc2ccccc12. The van der Waals surface area contributed by atoms with E-state index in [1.54, 1.807) is 0 Å². The van der Waals surface area contributed by atoms with Gasteiger partial charge in [-0.3, -0.25) is 9.67 Å². The van der Waals surface area contributed by atoms with Crippen molar-refractivity contribution in [2.45, 2.75) is 12.5 Å². The fourth-order valence-corrected chi connectivity index (χ4v) is 2.57. The summed E-state index contributed by atoms with van der Waals surface area (Å²) < 4.78 is 1.83. The molecule has 20 heavy (non-hydrogen) atoms. The fraction of sp³-hybridized carbons (Fsp3) is 0.250. The molecule has 1 N–H and O–H groups in total. The van der Waals surface area contributed by atoms with E-state index in [4.69, 9.17) is 0 Å². The molecule has 2 aromatic heterocycles. The number of nitrogens with zero attached hydrogens (tertiary/aromatic N) is 3. The van der Waals surface area contributed by atoms with Crippen LogP contribution in [0.25, 0.3) is 10.8 Å². The Bertz CT molecular complexity index is 712. The molecule has 0 aliphatic heterocycles. The maximum absolute atomic E-state index is 4.59. The van der Waals surface area contributed by atoms with Gasteiger partial charge in [0, 0.05) is 24.8 Å². The van der Waals surface area contributed by atoms with Crippen LogP contribution in [0.2, 0.25) is 0 Å². The number of hydrogen-bond donors (Lipinski definition) is 1. The number of pyridine rings is 1. The lowest BCUT2D eigenvalue weighted by Crippen LogP contribution is -2.20. The van der Waals surface area contributed by atoms with Crippen LogP contribution in [-0.2, 0) is 13.5 Å². The van der Waals surface area contributed by atoms with E-state index >= 15 is 0 Å². The lowest BCUT2D eigenvalue weighted by atomic mass is 10.0. The molecule has 102 valence electrons. The minimum absolute atomic E-state index is 0.185. The summed E-state index contributed by atoms with van der Waals surface area (Å²) in [5.74, 6) is 0. The largest absolute Gasteiger partial charge is 0.311 e. The van der Waals surface area contributed by atoms with E-state index in [0.29, 0.717) is 0 Å². The molecule has 1 aromatic carbocycles. The zero-order valence-corrected chi connectivity index (χ0v) is 11.7. The van der Waals surface area contributed by atoms with Crippen molar-refractivity contribution in [2.24, 2.45) is 7.05 Å². The zero-order valence-electron chi connectivity index (χ0n) is 11.7. The summed E-state index contributed by atoms with van der Waals surface area (Å²) in [7, 11) is 3.92. The van der Waals surface area contributed by atoms with Gasteiger partial charge in [-0.25, -0.2) is 0 Å². The molecule has 4 nitrogen and oxygen atoms in total. The molecule has 0 saturated heterocycles. The summed E-state index contributed by atoms with van der Waals surface area (Å²) in [4.78, 5) is 4.59. The molecule has 4 heteroatoms. The highest BCUT2D eigenvalue weighted by atomic mass is 15.2. The third kappa shape index (κ3) is 2.42. The summed E-state index contributed by atoms with van der Waals surface area (Å²) >= 11 is 0. The van der Waals surface area contributed by atoms with Crippen LogP contribution in [0.15, 0.2) is 48.9 Å². The number of fused-ring (bicyclic) bond motifs is 1. The number of nitrogens with one attached hydrogen (secondary N) is 1. The number of likely N-dealkylation sites (N-methyl/N-ethyl adjacent to an activating group) is 1. The van der Waals surface area contributed by atoms with Crippen LogP contribution >= 0.6 is 0 Å². The van der Waals surface area contributed by atoms with Crippen LogP contribution in [0.3, 0.4) is 0 Å². The molecule has 0 aliphatic rings. The molecule has 0 bridgehead atoms. The number of rotatable bonds is 4. The first kappa shape index (κ1) is 12.8. The maximum atomic E-state index is 4.59. The molecule has 3 rings (SSSR count). The first-order valence-electron chi connectivity index (χ1n) is 6.76. The van der Waals surface area contributed by atoms with Gasteiger partial charge >= 0.3 is 0 Å². The number of aromatic nitrogens is 3. The van der Waals surface area contributed by atoms with Gasteiger partial charge in [-0.1, -0.05) is 24.3 Å². The molecule has 3 aromatic rings. The van der Waals surface area contributed by atoms with Crippen LogP contribution < -0.4 is 5.32 Å². The molecule has 0 fully saturated rings. The van der Waals surface area contributed by atoms with Crippen LogP contribution in [0.1, 0.15) is 17.3 Å². The normalized spacial score (nSPS) is 12.7. The predicted molar refractivity (Wildman–Crippen MR) is 80.5 cm³/mol. The Labute approximate surface area is 118 Å². The Balaban J connectivity index is 1.98. The monoisotopic (exact) mass is 266 g/mol. The topological polar surface area (TPSA) is 42.7 Å². The molecule has 1 atom stereocenters.